The van der Waals surface area contributed by atoms with Crippen molar-refractivity contribution in [3.8, 4) is 11.5 Å². The molecule has 0 unspecified atom stereocenters. The summed E-state index contributed by atoms with van der Waals surface area (Å²) in [6.07, 6.45) is 2.80. The molecule has 0 bridgehead atoms. The molecule has 2 rings (SSSR count). The number of carbonyl (C=O) groups excluding carboxylic acids is 2. The summed E-state index contributed by atoms with van der Waals surface area (Å²) >= 11 is 0. The summed E-state index contributed by atoms with van der Waals surface area (Å²) in [6, 6.07) is 8.10. The van der Waals surface area contributed by atoms with Gasteiger partial charge in [-0.2, -0.15) is 0 Å². The predicted octanol–water partition coefficient (Wildman–Crippen LogP) is 2.75. The number of nitrogens with one attached hydrogen (secondary N) is 2. The molecule has 142 valence electrons. The average Bonchev–Trinajstić information content (AvgIpc) is 2.67. The number of ether oxygens (including phenoxy) is 2. The Hall–Kier alpha value is -3.42. The maximum atomic E-state index is 13.1. The normalized spacial score (nSPS) is 10.5. The van der Waals surface area contributed by atoms with E-state index in [4.69, 9.17) is 9.47 Å². The van der Waals surface area contributed by atoms with Gasteiger partial charge in [-0.3, -0.25) is 9.59 Å². The fraction of sp³-hybridized carbons (Fsp3) is 0.158. The molecule has 2 N–H and O–H groups in total. The molecule has 0 aliphatic heterocycles. The second-order valence-corrected chi connectivity index (χ2v) is 5.34. The van der Waals surface area contributed by atoms with Crippen LogP contribution in [0.5, 0.6) is 11.5 Å². The van der Waals surface area contributed by atoms with Crippen molar-refractivity contribution in [2.45, 2.75) is 0 Å². The third kappa shape index (κ3) is 5.81. The van der Waals surface area contributed by atoms with Gasteiger partial charge >= 0.3 is 0 Å². The molecule has 0 saturated carbocycles. The van der Waals surface area contributed by atoms with Crippen LogP contribution in [0.15, 0.2) is 42.5 Å². The lowest BCUT2D eigenvalue weighted by Crippen LogP contribution is -2.31. The average molecular weight is 376 g/mol. The molecule has 2 aromatic rings. The lowest BCUT2D eigenvalue weighted by molar-refractivity contribution is -0.121. The van der Waals surface area contributed by atoms with Gasteiger partial charge in [0.05, 0.1) is 20.8 Å². The van der Waals surface area contributed by atoms with Crippen molar-refractivity contribution in [2.24, 2.45) is 0 Å². The molecule has 2 amide bonds. The van der Waals surface area contributed by atoms with Crippen LogP contribution in [0.25, 0.3) is 6.08 Å². The van der Waals surface area contributed by atoms with Crippen molar-refractivity contribution < 1.29 is 27.8 Å². The van der Waals surface area contributed by atoms with Crippen LogP contribution >= 0.6 is 0 Å². The molecule has 27 heavy (non-hydrogen) atoms. The predicted molar refractivity (Wildman–Crippen MR) is 96.6 cm³/mol. The fourth-order valence-corrected chi connectivity index (χ4v) is 2.13. The molecule has 2 aromatic carbocycles. The number of halogens is 2. The smallest absolute Gasteiger partial charge is 0.244 e. The Labute approximate surface area is 154 Å². The van der Waals surface area contributed by atoms with Crippen LogP contribution in [0, 0.1) is 11.6 Å². The van der Waals surface area contributed by atoms with Gasteiger partial charge in [0, 0.05) is 17.8 Å². The zero-order chi connectivity index (χ0) is 19.8. The van der Waals surface area contributed by atoms with Crippen LogP contribution in [0.4, 0.5) is 14.5 Å². The van der Waals surface area contributed by atoms with Gasteiger partial charge in [0.15, 0.2) is 23.1 Å². The quantitative estimate of drug-likeness (QED) is 0.729. The summed E-state index contributed by atoms with van der Waals surface area (Å²) < 4.78 is 36.2. The lowest BCUT2D eigenvalue weighted by Gasteiger charge is -2.07. The first-order chi connectivity index (χ1) is 12.9. The monoisotopic (exact) mass is 376 g/mol. The summed E-state index contributed by atoms with van der Waals surface area (Å²) in [5.74, 6) is -2.07. The van der Waals surface area contributed by atoms with Gasteiger partial charge in [-0.25, -0.2) is 8.78 Å². The van der Waals surface area contributed by atoms with Gasteiger partial charge < -0.3 is 20.1 Å². The Morgan fingerprint density at radius 3 is 2.41 bits per heavy atom. The van der Waals surface area contributed by atoms with Crippen LogP contribution in [-0.2, 0) is 9.59 Å². The van der Waals surface area contributed by atoms with Crippen molar-refractivity contribution in [2.75, 3.05) is 26.1 Å². The largest absolute Gasteiger partial charge is 0.493 e. The number of anilines is 1. The van der Waals surface area contributed by atoms with Crippen LogP contribution < -0.4 is 20.1 Å². The number of carbonyl (C=O) groups is 2. The SMILES string of the molecule is COc1ccc(/C=C/C(=O)NCC(=O)Nc2ccc(F)c(F)c2)cc1OC. The highest BCUT2D eigenvalue weighted by Gasteiger charge is 2.07. The number of benzene rings is 2. The Kier molecular flexibility index (Phi) is 6.87. The van der Waals surface area contributed by atoms with Gasteiger partial charge in [-0.15, -0.1) is 0 Å². The Morgan fingerprint density at radius 1 is 1.00 bits per heavy atom. The molecule has 8 heteroatoms. The standard InChI is InChI=1S/C19H18F2N2O4/c1-26-16-7-3-12(9-17(16)27-2)4-8-18(24)22-11-19(25)23-13-5-6-14(20)15(21)10-13/h3-10H,11H2,1-2H3,(H,22,24)(H,23,25)/b8-4+. The molecule has 0 saturated heterocycles. The Balaban J connectivity index is 1.87. The van der Waals surface area contributed by atoms with Crippen LogP contribution in [0.3, 0.4) is 0 Å². The molecule has 0 heterocycles. The van der Waals surface area contributed by atoms with E-state index >= 15 is 0 Å². The second kappa shape index (κ2) is 9.33. The van der Waals surface area contributed by atoms with E-state index in [1.54, 1.807) is 24.3 Å². The van der Waals surface area contributed by atoms with E-state index in [0.717, 1.165) is 12.1 Å². The van der Waals surface area contributed by atoms with Gasteiger partial charge in [0.1, 0.15) is 0 Å². The van der Waals surface area contributed by atoms with Gasteiger partial charge in [0.2, 0.25) is 11.8 Å². The van der Waals surface area contributed by atoms with Crippen molar-refractivity contribution >= 4 is 23.6 Å². The van der Waals surface area contributed by atoms with Crippen LogP contribution in [-0.4, -0.2) is 32.6 Å². The maximum absolute atomic E-state index is 13.1. The van der Waals surface area contributed by atoms with Gasteiger partial charge in [0.25, 0.3) is 0 Å². The fourth-order valence-electron chi connectivity index (χ4n) is 2.13. The Bertz CT molecular complexity index is 869. The Morgan fingerprint density at radius 2 is 1.74 bits per heavy atom. The second-order valence-electron chi connectivity index (χ2n) is 5.34. The van der Waals surface area contributed by atoms with E-state index in [1.165, 1.54) is 26.4 Å². The molecule has 0 aliphatic carbocycles. The van der Waals surface area contributed by atoms with E-state index in [1.807, 2.05) is 0 Å². The summed E-state index contributed by atoms with van der Waals surface area (Å²) in [7, 11) is 3.02. The van der Waals surface area contributed by atoms with Gasteiger partial charge in [-0.1, -0.05) is 6.07 Å². The zero-order valence-electron chi connectivity index (χ0n) is 14.7. The zero-order valence-corrected chi connectivity index (χ0v) is 14.7. The number of amides is 2. The minimum Gasteiger partial charge on any atom is -0.493 e. The van der Waals surface area contributed by atoms with Crippen molar-refractivity contribution in [1.29, 1.82) is 0 Å². The number of hydrogen-bond donors (Lipinski definition) is 2. The number of methoxy groups -OCH3 is 2. The highest BCUT2D eigenvalue weighted by atomic mass is 19.2. The topological polar surface area (TPSA) is 76.7 Å². The van der Waals surface area contributed by atoms with Crippen molar-refractivity contribution in [3.63, 3.8) is 0 Å². The molecule has 6 nitrogen and oxygen atoms in total. The van der Waals surface area contributed by atoms with Gasteiger partial charge in [-0.05, 0) is 35.9 Å². The lowest BCUT2D eigenvalue weighted by atomic mass is 10.2. The molecular formula is C19H18F2N2O4. The summed E-state index contributed by atoms with van der Waals surface area (Å²) in [5.41, 5.74) is 0.794. The molecule has 0 fully saturated rings. The molecule has 0 atom stereocenters. The van der Waals surface area contributed by atoms with Crippen molar-refractivity contribution in [3.05, 3.63) is 59.7 Å². The molecule has 0 spiro atoms. The van der Waals surface area contributed by atoms with E-state index in [9.17, 15) is 18.4 Å². The summed E-state index contributed by atoms with van der Waals surface area (Å²) in [5, 5.41) is 4.74. The molecule has 0 aliphatic rings. The first kappa shape index (κ1) is 19.9. The van der Waals surface area contributed by atoms with E-state index < -0.39 is 23.4 Å². The third-order valence-corrected chi connectivity index (χ3v) is 3.46. The first-order valence-corrected chi connectivity index (χ1v) is 7.85. The van der Waals surface area contributed by atoms with E-state index in [2.05, 4.69) is 10.6 Å². The first-order valence-electron chi connectivity index (χ1n) is 7.85. The number of hydrogen-bond acceptors (Lipinski definition) is 4. The minimum atomic E-state index is -1.07. The minimum absolute atomic E-state index is 0.0917. The maximum Gasteiger partial charge on any atom is 0.244 e. The summed E-state index contributed by atoms with van der Waals surface area (Å²) in [6.45, 7) is -0.325. The highest BCUT2D eigenvalue weighted by molar-refractivity contribution is 5.98. The highest BCUT2D eigenvalue weighted by Crippen LogP contribution is 2.27. The van der Waals surface area contributed by atoms with E-state index in [0.29, 0.717) is 17.1 Å². The molecule has 0 aromatic heterocycles. The number of rotatable bonds is 7. The summed E-state index contributed by atoms with van der Waals surface area (Å²) in [4.78, 5) is 23.6. The molecular weight excluding hydrogens is 358 g/mol. The van der Waals surface area contributed by atoms with E-state index in [-0.39, 0.29) is 12.2 Å². The van der Waals surface area contributed by atoms with Crippen LogP contribution in [0.1, 0.15) is 5.56 Å². The third-order valence-electron chi connectivity index (χ3n) is 3.46. The van der Waals surface area contributed by atoms with Crippen molar-refractivity contribution in [1.82, 2.24) is 5.32 Å². The van der Waals surface area contributed by atoms with Crippen LogP contribution in [0.2, 0.25) is 0 Å². The molecule has 0 radical (unpaired) electrons.